The number of carbonyl (C=O) groups excluding carboxylic acids is 1. The summed E-state index contributed by atoms with van der Waals surface area (Å²) < 4.78 is 5.19. The molecule has 108 valence electrons. The second-order valence-electron chi connectivity index (χ2n) is 5.35. The summed E-state index contributed by atoms with van der Waals surface area (Å²) >= 11 is 5.88. The van der Waals surface area contributed by atoms with Crippen LogP contribution in [0.2, 0.25) is 0 Å². The molecule has 1 N–H and O–H groups in total. The molecule has 2 rings (SSSR count). The number of rotatable bonds is 6. The van der Waals surface area contributed by atoms with Crippen LogP contribution in [0.3, 0.4) is 0 Å². The Morgan fingerprint density at radius 1 is 1.40 bits per heavy atom. The fourth-order valence-corrected chi connectivity index (χ4v) is 2.43. The number of aromatic nitrogens is 1. The summed E-state index contributed by atoms with van der Waals surface area (Å²) in [5.41, 5.74) is 1.36. The van der Waals surface area contributed by atoms with E-state index in [0.717, 1.165) is 11.8 Å². The van der Waals surface area contributed by atoms with Gasteiger partial charge >= 0.3 is 0 Å². The fraction of sp³-hybridized carbons (Fsp3) is 0.467. The van der Waals surface area contributed by atoms with E-state index < -0.39 is 0 Å². The molecule has 1 amide bonds. The first-order valence-corrected chi connectivity index (χ1v) is 7.32. The van der Waals surface area contributed by atoms with Crippen molar-refractivity contribution >= 4 is 28.5 Å². The highest BCUT2D eigenvalue weighted by molar-refractivity contribution is 6.18. The molecule has 0 fully saturated rings. The Hall–Kier alpha value is -1.55. The van der Waals surface area contributed by atoms with Crippen molar-refractivity contribution in [2.75, 3.05) is 5.88 Å². The van der Waals surface area contributed by atoms with Crippen molar-refractivity contribution in [3.8, 4) is 0 Å². The first-order valence-electron chi connectivity index (χ1n) is 6.78. The van der Waals surface area contributed by atoms with Crippen LogP contribution < -0.4 is 5.32 Å². The molecule has 20 heavy (non-hydrogen) atoms. The Morgan fingerprint density at radius 3 is 2.85 bits per heavy atom. The maximum atomic E-state index is 12.1. The Kier molecular flexibility index (Phi) is 5.01. The zero-order valence-electron chi connectivity index (χ0n) is 11.7. The molecule has 1 atom stereocenters. The van der Waals surface area contributed by atoms with Gasteiger partial charge in [0.2, 0.25) is 5.91 Å². The van der Waals surface area contributed by atoms with Gasteiger partial charge in [0.25, 0.3) is 0 Å². The number of nitrogens with zero attached hydrogens (tertiary/aromatic N) is 1. The van der Waals surface area contributed by atoms with Gasteiger partial charge in [0, 0.05) is 17.3 Å². The molecule has 0 aliphatic carbocycles. The SMILES string of the molecule is CC(C)CC(CCl)NC(=O)Cc1noc2ccccc12. The van der Waals surface area contributed by atoms with Crippen molar-refractivity contribution in [1.82, 2.24) is 10.5 Å². The summed E-state index contributed by atoms with van der Waals surface area (Å²) in [7, 11) is 0. The number of benzene rings is 1. The van der Waals surface area contributed by atoms with Gasteiger partial charge in [0.1, 0.15) is 5.69 Å². The third-order valence-electron chi connectivity index (χ3n) is 3.09. The second-order valence-corrected chi connectivity index (χ2v) is 5.66. The molecule has 4 nitrogen and oxygen atoms in total. The van der Waals surface area contributed by atoms with Crippen LogP contribution in [0.4, 0.5) is 0 Å². The van der Waals surface area contributed by atoms with E-state index >= 15 is 0 Å². The number of halogens is 1. The van der Waals surface area contributed by atoms with Gasteiger partial charge in [-0.15, -0.1) is 11.6 Å². The molecule has 1 unspecified atom stereocenters. The zero-order valence-corrected chi connectivity index (χ0v) is 12.5. The average Bonchev–Trinajstić information content (AvgIpc) is 2.81. The number of fused-ring (bicyclic) bond motifs is 1. The van der Waals surface area contributed by atoms with E-state index in [4.69, 9.17) is 16.1 Å². The lowest BCUT2D eigenvalue weighted by Gasteiger charge is -2.17. The van der Waals surface area contributed by atoms with Gasteiger partial charge in [-0.25, -0.2) is 0 Å². The largest absolute Gasteiger partial charge is 0.356 e. The van der Waals surface area contributed by atoms with Crippen LogP contribution in [0.25, 0.3) is 11.0 Å². The Balaban J connectivity index is 2.00. The van der Waals surface area contributed by atoms with Crippen LogP contribution >= 0.6 is 11.6 Å². The normalized spacial score (nSPS) is 12.8. The molecule has 1 aromatic heterocycles. The molecule has 0 radical (unpaired) electrons. The van der Waals surface area contributed by atoms with Crippen molar-refractivity contribution in [3.63, 3.8) is 0 Å². The van der Waals surface area contributed by atoms with Crippen molar-refractivity contribution in [2.24, 2.45) is 5.92 Å². The lowest BCUT2D eigenvalue weighted by Crippen LogP contribution is -2.38. The maximum Gasteiger partial charge on any atom is 0.226 e. The summed E-state index contributed by atoms with van der Waals surface area (Å²) in [5.74, 6) is 0.839. The molecular formula is C15H19ClN2O2. The highest BCUT2D eigenvalue weighted by atomic mass is 35.5. The van der Waals surface area contributed by atoms with Crippen molar-refractivity contribution in [2.45, 2.75) is 32.7 Å². The number of carbonyl (C=O) groups is 1. The van der Waals surface area contributed by atoms with Crippen molar-refractivity contribution in [1.29, 1.82) is 0 Å². The van der Waals surface area contributed by atoms with Gasteiger partial charge in [-0.05, 0) is 24.5 Å². The topological polar surface area (TPSA) is 55.1 Å². The van der Waals surface area contributed by atoms with Crippen LogP contribution in [-0.2, 0) is 11.2 Å². The minimum Gasteiger partial charge on any atom is -0.356 e. The fourth-order valence-electron chi connectivity index (χ4n) is 2.23. The van der Waals surface area contributed by atoms with E-state index in [-0.39, 0.29) is 18.4 Å². The first kappa shape index (κ1) is 14.9. The van der Waals surface area contributed by atoms with E-state index in [1.807, 2.05) is 24.3 Å². The molecule has 5 heteroatoms. The number of hydrogen-bond donors (Lipinski definition) is 1. The minimum absolute atomic E-state index is 0.00216. The summed E-state index contributed by atoms with van der Waals surface area (Å²) in [6.45, 7) is 4.22. The summed E-state index contributed by atoms with van der Waals surface area (Å²) in [5, 5.41) is 7.79. The predicted molar refractivity (Wildman–Crippen MR) is 79.8 cm³/mol. The molecule has 0 aliphatic heterocycles. The number of amides is 1. The van der Waals surface area contributed by atoms with Crippen LogP contribution in [0.15, 0.2) is 28.8 Å². The maximum absolute atomic E-state index is 12.1. The number of para-hydroxylation sites is 1. The Morgan fingerprint density at radius 2 is 2.15 bits per heavy atom. The summed E-state index contributed by atoms with van der Waals surface area (Å²) in [4.78, 5) is 12.1. The highest BCUT2D eigenvalue weighted by Crippen LogP contribution is 2.18. The van der Waals surface area contributed by atoms with Gasteiger partial charge in [-0.1, -0.05) is 31.1 Å². The van der Waals surface area contributed by atoms with Gasteiger partial charge < -0.3 is 9.84 Å². The first-order chi connectivity index (χ1) is 9.60. The summed E-state index contributed by atoms with van der Waals surface area (Å²) in [6.07, 6.45) is 1.08. The molecular weight excluding hydrogens is 276 g/mol. The van der Waals surface area contributed by atoms with E-state index in [1.54, 1.807) is 0 Å². The molecule has 0 bridgehead atoms. The molecule has 0 spiro atoms. The molecule has 2 aromatic rings. The van der Waals surface area contributed by atoms with Crippen molar-refractivity contribution < 1.29 is 9.32 Å². The summed E-state index contributed by atoms with van der Waals surface area (Å²) in [6, 6.07) is 7.53. The van der Waals surface area contributed by atoms with E-state index in [2.05, 4.69) is 24.3 Å². The van der Waals surface area contributed by atoms with Gasteiger partial charge in [-0.2, -0.15) is 0 Å². The number of hydrogen-bond acceptors (Lipinski definition) is 3. The Labute approximate surface area is 123 Å². The third-order valence-corrected chi connectivity index (χ3v) is 3.46. The van der Waals surface area contributed by atoms with Gasteiger partial charge in [-0.3, -0.25) is 4.79 Å². The van der Waals surface area contributed by atoms with Crippen LogP contribution in [0, 0.1) is 5.92 Å². The zero-order chi connectivity index (χ0) is 14.5. The van der Waals surface area contributed by atoms with Gasteiger partial charge in [0.15, 0.2) is 5.58 Å². The lowest BCUT2D eigenvalue weighted by atomic mass is 10.0. The van der Waals surface area contributed by atoms with Gasteiger partial charge in [0.05, 0.1) is 6.42 Å². The molecule has 0 aliphatic rings. The predicted octanol–water partition coefficient (Wildman–Crippen LogP) is 3.14. The molecule has 1 heterocycles. The quantitative estimate of drug-likeness (QED) is 0.833. The minimum atomic E-state index is -0.0737. The molecule has 0 saturated heterocycles. The smallest absolute Gasteiger partial charge is 0.226 e. The van der Waals surface area contributed by atoms with Crippen LogP contribution in [0.1, 0.15) is 26.0 Å². The monoisotopic (exact) mass is 294 g/mol. The van der Waals surface area contributed by atoms with E-state index in [1.165, 1.54) is 0 Å². The second kappa shape index (κ2) is 6.75. The number of alkyl halides is 1. The van der Waals surface area contributed by atoms with Crippen LogP contribution in [0.5, 0.6) is 0 Å². The molecule has 0 saturated carbocycles. The van der Waals surface area contributed by atoms with E-state index in [9.17, 15) is 4.79 Å². The third kappa shape index (κ3) is 3.73. The number of nitrogens with one attached hydrogen (secondary N) is 1. The lowest BCUT2D eigenvalue weighted by molar-refractivity contribution is -0.121. The van der Waals surface area contributed by atoms with Crippen molar-refractivity contribution in [3.05, 3.63) is 30.0 Å². The highest BCUT2D eigenvalue weighted by Gasteiger charge is 2.16. The molecule has 1 aromatic carbocycles. The van der Waals surface area contributed by atoms with Crippen LogP contribution in [-0.4, -0.2) is 23.0 Å². The Bertz CT molecular complexity index is 580. The standard InChI is InChI=1S/C15H19ClN2O2/c1-10(2)7-11(9-16)17-15(19)8-13-12-5-3-4-6-14(12)20-18-13/h3-6,10-11H,7-9H2,1-2H3,(H,17,19). The van der Waals surface area contributed by atoms with E-state index in [0.29, 0.717) is 23.1 Å². The average molecular weight is 295 g/mol.